The van der Waals surface area contributed by atoms with Gasteiger partial charge in [-0.15, -0.1) is 0 Å². The van der Waals surface area contributed by atoms with Gasteiger partial charge in [-0.3, -0.25) is 10.1 Å². The molecule has 2 N–H and O–H groups in total. The zero-order chi connectivity index (χ0) is 19.9. The lowest BCUT2D eigenvalue weighted by Gasteiger charge is -2.22. The number of ether oxygens (including phenoxy) is 1. The minimum absolute atomic E-state index is 0.0608. The lowest BCUT2D eigenvalue weighted by Crippen LogP contribution is -2.46. The molecule has 1 aromatic heterocycles. The summed E-state index contributed by atoms with van der Waals surface area (Å²) in [6, 6.07) is 9.58. The molecule has 0 unspecified atom stereocenters. The number of amides is 3. The van der Waals surface area contributed by atoms with E-state index in [1.165, 1.54) is 12.5 Å². The number of esters is 1. The molecule has 0 saturated heterocycles. The van der Waals surface area contributed by atoms with Gasteiger partial charge >= 0.3 is 12.0 Å². The maximum atomic E-state index is 12.1. The van der Waals surface area contributed by atoms with Gasteiger partial charge in [-0.1, -0.05) is 43.0 Å². The lowest BCUT2D eigenvalue weighted by molar-refractivity contribution is -0.123. The van der Waals surface area contributed by atoms with Crippen molar-refractivity contribution in [1.29, 1.82) is 0 Å². The number of rotatable bonds is 5. The molecule has 3 rings (SSSR count). The smallest absolute Gasteiger partial charge is 0.374 e. The van der Waals surface area contributed by atoms with Gasteiger partial charge in [0.05, 0.1) is 5.02 Å². The van der Waals surface area contributed by atoms with Gasteiger partial charge in [0.15, 0.2) is 6.61 Å². The molecule has 7 nitrogen and oxygen atoms in total. The van der Waals surface area contributed by atoms with Crippen LogP contribution in [0.1, 0.15) is 42.7 Å². The average molecular weight is 405 g/mol. The minimum Gasteiger partial charge on any atom is -0.450 e. The Morgan fingerprint density at radius 3 is 2.57 bits per heavy atom. The van der Waals surface area contributed by atoms with Crippen LogP contribution in [0.4, 0.5) is 4.79 Å². The van der Waals surface area contributed by atoms with Crippen molar-refractivity contribution in [2.24, 2.45) is 0 Å². The van der Waals surface area contributed by atoms with Crippen LogP contribution in [0.3, 0.4) is 0 Å². The predicted molar refractivity (Wildman–Crippen MR) is 103 cm³/mol. The molecule has 0 aliphatic heterocycles. The van der Waals surface area contributed by atoms with Crippen LogP contribution in [0.2, 0.25) is 5.02 Å². The molecule has 1 aliphatic rings. The Morgan fingerprint density at radius 1 is 1.07 bits per heavy atom. The number of carbonyl (C=O) groups is 3. The molecule has 0 atom stereocenters. The number of hydrogen-bond donors (Lipinski definition) is 2. The summed E-state index contributed by atoms with van der Waals surface area (Å²) in [5.74, 6) is -1.16. The number of imide groups is 1. The number of nitrogens with one attached hydrogen (secondary N) is 2. The number of benzene rings is 1. The summed E-state index contributed by atoms with van der Waals surface area (Å²) in [5.41, 5.74) is 0.639. The second kappa shape index (κ2) is 9.41. The van der Waals surface area contributed by atoms with Crippen molar-refractivity contribution in [3.05, 3.63) is 47.2 Å². The molecule has 0 radical (unpaired) electrons. The van der Waals surface area contributed by atoms with Crippen LogP contribution in [0.15, 0.2) is 40.8 Å². The molecule has 1 aromatic carbocycles. The Hall–Kier alpha value is -2.80. The quantitative estimate of drug-likeness (QED) is 0.736. The van der Waals surface area contributed by atoms with Gasteiger partial charge in [-0.2, -0.15) is 0 Å². The van der Waals surface area contributed by atoms with E-state index in [0.29, 0.717) is 16.3 Å². The summed E-state index contributed by atoms with van der Waals surface area (Å²) >= 11 is 6.10. The van der Waals surface area contributed by atoms with E-state index in [2.05, 4.69) is 10.6 Å². The highest BCUT2D eigenvalue weighted by atomic mass is 35.5. The van der Waals surface area contributed by atoms with Crippen LogP contribution in [0.25, 0.3) is 11.3 Å². The van der Waals surface area contributed by atoms with Crippen LogP contribution in [-0.4, -0.2) is 30.6 Å². The monoisotopic (exact) mass is 404 g/mol. The van der Waals surface area contributed by atoms with E-state index in [1.807, 2.05) is 0 Å². The summed E-state index contributed by atoms with van der Waals surface area (Å²) in [4.78, 5) is 35.7. The normalized spacial score (nSPS) is 14.3. The molecule has 8 heteroatoms. The highest BCUT2D eigenvalue weighted by Gasteiger charge is 2.19. The fraction of sp³-hybridized carbons (Fsp3) is 0.350. The molecule has 1 aliphatic carbocycles. The van der Waals surface area contributed by atoms with Gasteiger partial charge in [0.25, 0.3) is 5.91 Å². The summed E-state index contributed by atoms with van der Waals surface area (Å²) in [5, 5.41) is 5.40. The number of furan rings is 1. The predicted octanol–water partition coefficient (Wildman–Crippen LogP) is 3.92. The standard InChI is InChI=1S/C20H21ClN2O5/c21-15-9-5-4-8-14(15)16-10-11-17(28-16)19(25)27-12-18(24)23-20(26)22-13-6-2-1-3-7-13/h4-5,8-11,13H,1-3,6-7,12H2,(H2,22,23,24,26). The number of carbonyl (C=O) groups excluding carboxylic acids is 3. The third-order valence-electron chi connectivity index (χ3n) is 4.47. The lowest BCUT2D eigenvalue weighted by atomic mass is 9.96. The first-order valence-electron chi connectivity index (χ1n) is 9.15. The molecular formula is C20H21ClN2O5. The first-order chi connectivity index (χ1) is 13.5. The molecule has 2 aromatic rings. The Bertz CT molecular complexity index is 858. The van der Waals surface area contributed by atoms with Crippen molar-refractivity contribution in [3.63, 3.8) is 0 Å². The first-order valence-corrected chi connectivity index (χ1v) is 9.53. The molecular weight excluding hydrogens is 384 g/mol. The first kappa shape index (κ1) is 19.9. The Balaban J connectivity index is 1.46. The van der Waals surface area contributed by atoms with Gasteiger partial charge in [-0.25, -0.2) is 9.59 Å². The molecule has 3 amide bonds. The van der Waals surface area contributed by atoms with Gasteiger partial charge in [-0.05, 0) is 37.1 Å². The maximum absolute atomic E-state index is 12.1. The van der Waals surface area contributed by atoms with Crippen molar-refractivity contribution in [2.45, 2.75) is 38.1 Å². The molecule has 1 fully saturated rings. The summed E-state index contributed by atoms with van der Waals surface area (Å²) in [6.45, 7) is -0.584. The summed E-state index contributed by atoms with van der Waals surface area (Å²) in [6.07, 6.45) is 5.11. The van der Waals surface area contributed by atoms with Crippen LogP contribution < -0.4 is 10.6 Å². The molecule has 148 valence electrons. The van der Waals surface area contributed by atoms with Crippen LogP contribution in [0.5, 0.6) is 0 Å². The van der Waals surface area contributed by atoms with E-state index in [4.69, 9.17) is 20.8 Å². The van der Waals surface area contributed by atoms with Gasteiger partial charge in [0.1, 0.15) is 5.76 Å². The van der Waals surface area contributed by atoms with E-state index in [1.54, 1.807) is 30.3 Å². The zero-order valence-electron chi connectivity index (χ0n) is 15.2. The van der Waals surface area contributed by atoms with Gasteiger partial charge < -0.3 is 14.5 Å². The number of halogens is 1. The topological polar surface area (TPSA) is 97.6 Å². The molecule has 1 saturated carbocycles. The Morgan fingerprint density at radius 2 is 1.82 bits per heavy atom. The van der Waals surface area contributed by atoms with Crippen LogP contribution in [-0.2, 0) is 9.53 Å². The van der Waals surface area contributed by atoms with E-state index >= 15 is 0 Å². The minimum atomic E-state index is -0.804. The van der Waals surface area contributed by atoms with Crippen LogP contribution in [0, 0.1) is 0 Å². The highest BCUT2D eigenvalue weighted by Crippen LogP contribution is 2.29. The Labute approximate surface area is 167 Å². The fourth-order valence-corrected chi connectivity index (χ4v) is 3.32. The maximum Gasteiger partial charge on any atom is 0.374 e. The average Bonchev–Trinajstić information content (AvgIpc) is 3.17. The number of urea groups is 1. The SMILES string of the molecule is O=C(COC(=O)c1ccc(-c2ccccc2Cl)o1)NC(=O)NC1CCCCC1. The summed E-state index contributed by atoms with van der Waals surface area (Å²) in [7, 11) is 0. The molecule has 0 spiro atoms. The van der Waals surface area contributed by atoms with Gasteiger partial charge in [0, 0.05) is 11.6 Å². The van der Waals surface area contributed by atoms with Crippen molar-refractivity contribution < 1.29 is 23.5 Å². The molecule has 1 heterocycles. The van der Waals surface area contributed by atoms with Gasteiger partial charge in [0.2, 0.25) is 5.76 Å². The van der Waals surface area contributed by atoms with Crippen LogP contribution >= 0.6 is 11.6 Å². The zero-order valence-corrected chi connectivity index (χ0v) is 16.0. The molecule has 28 heavy (non-hydrogen) atoms. The Kier molecular flexibility index (Phi) is 6.71. The van der Waals surface area contributed by atoms with Crippen molar-refractivity contribution >= 4 is 29.5 Å². The third-order valence-corrected chi connectivity index (χ3v) is 4.80. The largest absolute Gasteiger partial charge is 0.450 e. The fourth-order valence-electron chi connectivity index (χ4n) is 3.09. The summed E-state index contributed by atoms with van der Waals surface area (Å²) < 4.78 is 10.4. The van der Waals surface area contributed by atoms with Crippen molar-refractivity contribution in [2.75, 3.05) is 6.61 Å². The van der Waals surface area contributed by atoms with E-state index in [-0.39, 0.29) is 11.8 Å². The third kappa shape index (κ3) is 5.36. The highest BCUT2D eigenvalue weighted by molar-refractivity contribution is 6.33. The van der Waals surface area contributed by atoms with E-state index in [0.717, 1.165) is 25.7 Å². The van der Waals surface area contributed by atoms with Crippen molar-refractivity contribution in [1.82, 2.24) is 10.6 Å². The molecule has 0 bridgehead atoms. The van der Waals surface area contributed by atoms with E-state index < -0.39 is 24.5 Å². The van der Waals surface area contributed by atoms with Crippen molar-refractivity contribution in [3.8, 4) is 11.3 Å². The second-order valence-electron chi connectivity index (χ2n) is 6.58. The number of hydrogen-bond acceptors (Lipinski definition) is 5. The van der Waals surface area contributed by atoms with E-state index in [9.17, 15) is 14.4 Å². The second-order valence-corrected chi connectivity index (χ2v) is 6.98.